The van der Waals surface area contributed by atoms with Crippen molar-refractivity contribution in [2.24, 2.45) is 0 Å². The third kappa shape index (κ3) is 5.14. The summed E-state index contributed by atoms with van der Waals surface area (Å²) < 4.78 is 11.2. The van der Waals surface area contributed by atoms with Crippen molar-refractivity contribution in [1.82, 2.24) is 10.6 Å². The number of carbonyl (C=O) groups is 2. The van der Waals surface area contributed by atoms with E-state index in [1.54, 1.807) is 0 Å². The van der Waals surface area contributed by atoms with E-state index in [0.29, 0.717) is 19.0 Å². The van der Waals surface area contributed by atoms with Gasteiger partial charge in [-0.15, -0.1) is 11.8 Å². The molecule has 0 aliphatic carbocycles. The predicted octanol–water partition coefficient (Wildman–Crippen LogP) is 2.17. The van der Waals surface area contributed by atoms with Gasteiger partial charge in [-0.2, -0.15) is 0 Å². The molecule has 6 nitrogen and oxygen atoms in total. The molecule has 0 aromatic heterocycles. The molecule has 1 aliphatic rings. The highest BCUT2D eigenvalue weighted by molar-refractivity contribution is 8.00. The summed E-state index contributed by atoms with van der Waals surface area (Å²) in [6, 6.07) is 5.08. The Morgan fingerprint density at radius 3 is 2.68 bits per heavy atom. The van der Waals surface area contributed by atoms with Crippen LogP contribution < -0.4 is 20.1 Å². The molecule has 2 rings (SSSR count). The molecule has 0 bridgehead atoms. The lowest BCUT2D eigenvalue weighted by atomic mass is 10.3. The van der Waals surface area contributed by atoms with Crippen molar-refractivity contribution in [1.29, 1.82) is 0 Å². The van der Waals surface area contributed by atoms with E-state index in [2.05, 4.69) is 10.6 Å². The number of carbonyl (C=O) groups excluding carboxylic acids is 2. The number of hydrogen-bond donors (Lipinski definition) is 2. The topological polar surface area (TPSA) is 76.7 Å². The molecule has 120 valence electrons. The molecule has 2 N–H and O–H groups in total. The summed E-state index contributed by atoms with van der Waals surface area (Å²) >= 11 is 1.34. The van der Waals surface area contributed by atoms with Gasteiger partial charge in [0.15, 0.2) is 11.5 Å². The second kappa shape index (κ2) is 7.93. The molecule has 22 heavy (non-hydrogen) atoms. The second-order valence-electron chi connectivity index (χ2n) is 5.12. The van der Waals surface area contributed by atoms with Crippen LogP contribution in [0.4, 0.5) is 4.79 Å². The number of ether oxygens (including phenoxy) is 2. The first-order valence-corrected chi connectivity index (χ1v) is 8.16. The van der Waals surface area contributed by atoms with Crippen molar-refractivity contribution in [3.63, 3.8) is 0 Å². The zero-order valence-electron chi connectivity index (χ0n) is 12.7. The Morgan fingerprint density at radius 2 is 1.95 bits per heavy atom. The molecule has 0 unspecified atom stereocenters. The van der Waals surface area contributed by atoms with Gasteiger partial charge in [0.25, 0.3) is 0 Å². The highest BCUT2D eigenvalue weighted by Crippen LogP contribution is 2.33. The van der Waals surface area contributed by atoms with Crippen LogP contribution in [0.15, 0.2) is 23.1 Å². The van der Waals surface area contributed by atoms with E-state index in [-0.39, 0.29) is 17.7 Å². The Morgan fingerprint density at radius 1 is 1.23 bits per heavy atom. The Kier molecular flexibility index (Phi) is 5.94. The van der Waals surface area contributed by atoms with Gasteiger partial charge in [0.2, 0.25) is 5.91 Å². The fraction of sp³-hybridized carbons (Fsp3) is 0.467. The highest BCUT2D eigenvalue weighted by atomic mass is 32.2. The van der Waals surface area contributed by atoms with Gasteiger partial charge in [0.1, 0.15) is 0 Å². The number of amides is 3. The van der Waals surface area contributed by atoms with E-state index in [9.17, 15) is 9.59 Å². The van der Waals surface area contributed by atoms with Crippen LogP contribution in [0, 0.1) is 0 Å². The van der Waals surface area contributed by atoms with Gasteiger partial charge in [0, 0.05) is 17.4 Å². The van der Waals surface area contributed by atoms with Gasteiger partial charge < -0.3 is 14.8 Å². The predicted molar refractivity (Wildman–Crippen MR) is 84.6 cm³/mol. The molecule has 1 aromatic rings. The summed E-state index contributed by atoms with van der Waals surface area (Å²) in [4.78, 5) is 24.0. The number of hydrogen-bond acceptors (Lipinski definition) is 5. The van der Waals surface area contributed by atoms with Gasteiger partial charge in [-0.1, -0.05) is 0 Å². The maximum Gasteiger partial charge on any atom is 0.321 e. The summed E-state index contributed by atoms with van der Waals surface area (Å²) in [5.41, 5.74) is 0. The second-order valence-corrected chi connectivity index (χ2v) is 6.17. The first-order valence-electron chi connectivity index (χ1n) is 7.17. The number of nitrogens with one attached hydrogen (secondary N) is 2. The molecule has 1 aromatic carbocycles. The highest BCUT2D eigenvalue weighted by Gasteiger charge is 2.13. The Hall–Kier alpha value is -1.89. The molecule has 0 saturated carbocycles. The van der Waals surface area contributed by atoms with Crippen molar-refractivity contribution >= 4 is 23.7 Å². The lowest BCUT2D eigenvalue weighted by Crippen LogP contribution is -2.43. The fourth-order valence-corrected chi connectivity index (χ4v) is 2.57. The quantitative estimate of drug-likeness (QED) is 0.830. The number of thioether (sulfide) groups is 1. The van der Waals surface area contributed by atoms with Gasteiger partial charge in [-0.25, -0.2) is 4.79 Å². The summed E-state index contributed by atoms with van der Waals surface area (Å²) in [6.07, 6.45) is 0.852. The molecule has 0 spiro atoms. The van der Waals surface area contributed by atoms with E-state index < -0.39 is 6.03 Å². The van der Waals surface area contributed by atoms with Crippen LogP contribution in [0.2, 0.25) is 0 Å². The zero-order valence-corrected chi connectivity index (χ0v) is 13.5. The standard InChI is InChI=1S/C15H20N2O4S/c1-10(2)16-15(19)17-14(18)9-22-11-4-5-12-13(8-11)21-7-3-6-20-12/h4-5,8,10H,3,6-7,9H2,1-2H3,(H2,16,17,18,19). The monoisotopic (exact) mass is 324 g/mol. The summed E-state index contributed by atoms with van der Waals surface area (Å²) in [5, 5.41) is 4.89. The number of rotatable bonds is 4. The molecule has 1 heterocycles. The van der Waals surface area contributed by atoms with Gasteiger partial charge in [-0.3, -0.25) is 10.1 Å². The number of fused-ring (bicyclic) bond motifs is 1. The van der Waals surface area contributed by atoms with Crippen LogP contribution in [0.5, 0.6) is 11.5 Å². The molecule has 0 saturated heterocycles. The molecule has 1 aliphatic heterocycles. The number of urea groups is 1. The third-order valence-electron chi connectivity index (χ3n) is 2.76. The Balaban J connectivity index is 1.85. The third-order valence-corrected chi connectivity index (χ3v) is 3.76. The maximum atomic E-state index is 11.7. The van der Waals surface area contributed by atoms with Crippen molar-refractivity contribution in [3.05, 3.63) is 18.2 Å². The minimum atomic E-state index is -0.473. The lowest BCUT2D eigenvalue weighted by molar-refractivity contribution is -0.117. The van der Waals surface area contributed by atoms with Crippen LogP contribution >= 0.6 is 11.8 Å². The Bertz CT molecular complexity index is 548. The first-order chi connectivity index (χ1) is 10.5. The van der Waals surface area contributed by atoms with Crippen LogP contribution in [0.1, 0.15) is 20.3 Å². The normalized spacial score (nSPS) is 13.4. The molecule has 0 radical (unpaired) electrons. The molecule has 0 fully saturated rings. The van der Waals surface area contributed by atoms with Crippen molar-refractivity contribution < 1.29 is 19.1 Å². The van der Waals surface area contributed by atoms with Gasteiger partial charge in [-0.05, 0) is 32.0 Å². The zero-order chi connectivity index (χ0) is 15.9. The molecular formula is C15H20N2O4S. The molecule has 3 amide bonds. The van der Waals surface area contributed by atoms with E-state index >= 15 is 0 Å². The van der Waals surface area contributed by atoms with E-state index in [4.69, 9.17) is 9.47 Å². The molecular weight excluding hydrogens is 304 g/mol. The van der Waals surface area contributed by atoms with E-state index in [1.165, 1.54) is 11.8 Å². The number of benzene rings is 1. The van der Waals surface area contributed by atoms with E-state index in [1.807, 2.05) is 32.0 Å². The van der Waals surface area contributed by atoms with E-state index in [0.717, 1.165) is 17.1 Å². The SMILES string of the molecule is CC(C)NC(=O)NC(=O)CSc1ccc2c(c1)OCCCO2. The minimum absolute atomic E-state index is 0.0119. The average Bonchev–Trinajstić information content (AvgIpc) is 2.68. The van der Waals surface area contributed by atoms with Crippen LogP contribution in [0.3, 0.4) is 0 Å². The minimum Gasteiger partial charge on any atom is -0.490 e. The lowest BCUT2D eigenvalue weighted by Gasteiger charge is -2.10. The fourth-order valence-electron chi connectivity index (χ4n) is 1.84. The van der Waals surface area contributed by atoms with Crippen LogP contribution in [0.25, 0.3) is 0 Å². The maximum absolute atomic E-state index is 11.7. The van der Waals surface area contributed by atoms with Gasteiger partial charge in [0.05, 0.1) is 19.0 Å². The van der Waals surface area contributed by atoms with Crippen LogP contribution in [-0.2, 0) is 4.79 Å². The molecule has 7 heteroatoms. The largest absolute Gasteiger partial charge is 0.490 e. The number of imide groups is 1. The molecule has 0 atom stereocenters. The van der Waals surface area contributed by atoms with Crippen molar-refractivity contribution in [2.45, 2.75) is 31.2 Å². The average molecular weight is 324 g/mol. The Labute approximate surface area is 133 Å². The summed E-state index contributed by atoms with van der Waals surface area (Å²) in [5.74, 6) is 1.24. The smallest absolute Gasteiger partial charge is 0.321 e. The summed E-state index contributed by atoms with van der Waals surface area (Å²) in [6.45, 7) is 4.93. The summed E-state index contributed by atoms with van der Waals surface area (Å²) in [7, 11) is 0. The van der Waals surface area contributed by atoms with Crippen molar-refractivity contribution in [2.75, 3.05) is 19.0 Å². The van der Waals surface area contributed by atoms with Gasteiger partial charge >= 0.3 is 6.03 Å². The first kappa shape index (κ1) is 16.5. The van der Waals surface area contributed by atoms with Crippen LogP contribution in [-0.4, -0.2) is 36.9 Å². The van der Waals surface area contributed by atoms with Crippen molar-refractivity contribution in [3.8, 4) is 11.5 Å².